The zero-order chi connectivity index (χ0) is 20.4. The van der Waals surface area contributed by atoms with Gasteiger partial charge in [0.15, 0.2) is 0 Å². The maximum Gasteiger partial charge on any atom is 0.254 e. The van der Waals surface area contributed by atoms with Crippen LogP contribution in [-0.4, -0.2) is 51.1 Å². The van der Waals surface area contributed by atoms with E-state index in [2.05, 4.69) is 10.3 Å². The number of amides is 3. The molecule has 1 saturated heterocycles. The summed E-state index contributed by atoms with van der Waals surface area (Å²) in [7, 11) is 0. The average molecular weight is 392 g/mol. The molecule has 0 radical (unpaired) electrons. The molecule has 0 atom stereocenters. The molecule has 29 heavy (non-hydrogen) atoms. The third-order valence-electron chi connectivity index (χ3n) is 5.99. The van der Waals surface area contributed by atoms with Gasteiger partial charge in [-0.1, -0.05) is 18.2 Å². The van der Waals surface area contributed by atoms with Crippen molar-refractivity contribution < 1.29 is 14.4 Å². The molecule has 7 nitrogen and oxygen atoms in total. The van der Waals surface area contributed by atoms with E-state index in [-0.39, 0.29) is 24.1 Å². The van der Waals surface area contributed by atoms with Crippen LogP contribution in [0, 0.1) is 0 Å². The first-order valence-corrected chi connectivity index (χ1v) is 9.84. The van der Waals surface area contributed by atoms with Crippen LogP contribution in [0.1, 0.15) is 42.1 Å². The molecule has 7 heteroatoms. The third-order valence-corrected chi connectivity index (χ3v) is 5.99. The lowest BCUT2D eigenvalue weighted by molar-refractivity contribution is -0.131. The van der Waals surface area contributed by atoms with Gasteiger partial charge in [-0.25, -0.2) is 0 Å². The molecule has 2 aliphatic heterocycles. The molecule has 3 amide bonds. The number of aromatic nitrogens is 1. The lowest BCUT2D eigenvalue weighted by atomic mass is 9.82. The summed E-state index contributed by atoms with van der Waals surface area (Å²) in [5, 5.41) is 2.91. The van der Waals surface area contributed by atoms with Crippen LogP contribution in [0.5, 0.6) is 0 Å². The number of benzene rings is 1. The minimum Gasteiger partial charge on any atom is -0.343 e. The zero-order valence-corrected chi connectivity index (χ0v) is 16.4. The first kappa shape index (κ1) is 19.1. The number of likely N-dealkylation sites (tertiary alicyclic amines) is 1. The van der Waals surface area contributed by atoms with E-state index in [9.17, 15) is 14.4 Å². The lowest BCUT2D eigenvalue weighted by Crippen LogP contribution is -2.57. The van der Waals surface area contributed by atoms with Gasteiger partial charge in [-0.15, -0.1) is 0 Å². The summed E-state index contributed by atoms with van der Waals surface area (Å²) in [6, 6.07) is 11.1. The maximum atomic E-state index is 13.2. The predicted octanol–water partition coefficient (Wildman–Crippen LogP) is 2.45. The van der Waals surface area contributed by atoms with Crippen molar-refractivity contribution in [2.24, 2.45) is 0 Å². The first-order valence-electron chi connectivity index (χ1n) is 9.84. The van der Waals surface area contributed by atoms with E-state index in [0.717, 1.165) is 5.56 Å². The second-order valence-corrected chi connectivity index (χ2v) is 7.74. The molecule has 1 N–H and O–H groups in total. The van der Waals surface area contributed by atoms with E-state index in [0.29, 0.717) is 43.7 Å². The molecule has 2 aromatic rings. The molecule has 3 heterocycles. The molecule has 1 aromatic carbocycles. The summed E-state index contributed by atoms with van der Waals surface area (Å²) in [5.74, 6) is -0.152. The second kappa shape index (κ2) is 7.66. The molecular formula is C22H24N4O3. The van der Waals surface area contributed by atoms with E-state index in [4.69, 9.17) is 0 Å². The Morgan fingerprint density at radius 3 is 2.45 bits per heavy atom. The van der Waals surface area contributed by atoms with Crippen LogP contribution in [0.15, 0.2) is 48.8 Å². The number of carbonyl (C=O) groups excluding carboxylic acids is 3. The fourth-order valence-electron chi connectivity index (χ4n) is 4.36. The van der Waals surface area contributed by atoms with Crippen LogP contribution < -0.4 is 5.32 Å². The Morgan fingerprint density at radius 1 is 1.10 bits per heavy atom. The molecule has 4 rings (SSSR count). The van der Waals surface area contributed by atoms with Gasteiger partial charge in [0.05, 0.1) is 12.0 Å². The third kappa shape index (κ3) is 3.72. The number of pyridine rings is 1. The minimum atomic E-state index is -0.612. The quantitative estimate of drug-likeness (QED) is 0.866. The van der Waals surface area contributed by atoms with Crippen molar-refractivity contribution in [1.82, 2.24) is 14.8 Å². The van der Waals surface area contributed by atoms with Gasteiger partial charge in [0.1, 0.15) is 0 Å². The van der Waals surface area contributed by atoms with Gasteiger partial charge in [0, 0.05) is 50.2 Å². The number of fused-ring (bicyclic) bond motifs is 1. The highest BCUT2D eigenvalue weighted by atomic mass is 16.2. The molecule has 1 fully saturated rings. The number of nitrogens with one attached hydrogen (secondary N) is 1. The lowest BCUT2D eigenvalue weighted by Gasteiger charge is -2.47. The molecule has 0 aliphatic carbocycles. The van der Waals surface area contributed by atoms with E-state index >= 15 is 0 Å². The molecule has 1 aromatic heterocycles. The van der Waals surface area contributed by atoms with Crippen molar-refractivity contribution in [2.45, 2.75) is 38.3 Å². The van der Waals surface area contributed by atoms with Gasteiger partial charge in [0.25, 0.3) is 5.91 Å². The SMILES string of the molecule is CC(=O)N1CCC(CC(=O)Nc2ccncc2)(N2Cc3ccccc3C2=O)CC1. The summed E-state index contributed by atoms with van der Waals surface area (Å²) in [6.07, 6.45) is 4.60. The summed E-state index contributed by atoms with van der Waals surface area (Å²) in [6.45, 7) is 3.13. The monoisotopic (exact) mass is 392 g/mol. The van der Waals surface area contributed by atoms with Crippen LogP contribution in [0.4, 0.5) is 5.69 Å². The van der Waals surface area contributed by atoms with E-state index in [1.54, 1.807) is 36.4 Å². The Kier molecular flexibility index (Phi) is 5.05. The van der Waals surface area contributed by atoms with Crippen molar-refractivity contribution in [3.05, 3.63) is 59.9 Å². The van der Waals surface area contributed by atoms with Gasteiger partial charge in [0.2, 0.25) is 11.8 Å². The number of carbonyl (C=O) groups is 3. The van der Waals surface area contributed by atoms with Crippen molar-refractivity contribution in [2.75, 3.05) is 18.4 Å². The normalized spacial score (nSPS) is 17.8. The molecule has 2 aliphatic rings. The summed E-state index contributed by atoms with van der Waals surface area (Å²) in [4.78, 5) is 45.4. The first-order chi connectivity index (χ1) is 14.0. The van der Waals surface area contributed by atoms with Gasteiger partial charge < -0.3 is 15.1 Å². The number of anilines is 1. The Bertz CT molecular complexity index is 936. The summed E-state index contributed by atoms with van der Waals surface area (Å²) in [5.41, 5.74) is 1.76. The number of hydrogen-bond acceptors (Lipinski definition) is 4. The number of rotatable bonds is 4. The smallest absolute Gasteiger partial charge is 0.254 e. The fourth-order valence-corrected chi connectivity index (χ4v) is 4.36. The molecule has 0 spiro atoms. The topological polar surface area (TPSA) is 82.6 Å². The Morgan fingerprint density at radius 2 is 1.79 bits per heavy atom. The van der Waals surface area contributed by atoms with Crippen LogP contribution in [0.25, 0.3) is 0 Å². The van der Waals surface area contributed by atoms with Crippen LogP contribution in [0.2, 0.25) is 0 Å². The van der Waals surface area contributed by atoms with Crippen molar-refractivity contribution in [3.8, 4) is 0 Å². The average Bonchev–Trinajstić information content (AvgIpc) is 3.06. The van der Waals surface area contributed by atoms with Crippen LogP contribution in [-0.2, 0) is 16.1 Å². The molecule has 0 bridgehead atoms. The highest BCUT2D eigenvalue weighted by molar-refractivity contribution is 5.99. The number of hydrogen-bond donors (Lipinski definition) is 1. The summed E-state index contributed by atoms with van der Waals surface area (Å²) < 4.78 is 0. The predicted molar refractivity (Wildman–Crippen MR) is 108 cm³/mol. The number of piperidine rings is 1. The second-order valence-electron chi connectivity index (χ2n) is 7.74. The highest BCUT2D eigenvalue weighted by Gasteiger charge is 2.47. The molecule has 0 unspecified atom stereocenters. The standard InChI is InChI=1S/C22H24N4O3/c1-16(27)25-12-8-22(9-13-25,14-20(28)24-18-6-10-23-11-7-18)26-15-17-4-2-3-5-19(17)21(26)29/h2-7,10-11H,8-9,12-15H2,1H3,(H,23,24,28). The van der Waals surface area contributed by atoms with Gasteiger partial charge >= 0.3 is 0 Å². The van der Waals surface area contributed by atoms with Gasteiger partial charge in [-0.05, 0) is 36.6 Å². The van der Waals surface area contributed by atoms with Gasteiger partial charge in [-0.3, -0.25) is 19.4 Å². The minimum absolute atomic E-state index is 0.0240. The van der Waals surface area contributed by atoms with E-state index < -0.39 is 5.54 Å². The molecule has 150 valence electrons. The van der Waals surface area contributed by atoms with E-state index in [1.165, 1.54) is 0 Å². The van der Waals surface area contributed by atoms with Crippen molar-refractivity contribution >= 4 is 23.4 Å². The van der Waals surface area contributed by atoms with Crippen molar-refractivity contribution in [1.29, 1.82) is 0 Å². The zero-order valence-electron chi connectivity index (χ0n) is 16.4. The molecule has 0 saturated carbocycles. The fraction of sp³-hybridized carbons (Fsp3) is 0.364. The van der Waals surface area contributed by atoms with Crippen LogP contribution in [0.3, 0.4) is 0 Å². The number of nitrogens with zero attached hydrogens (tertiary/aromatic N) is 3. The van der Waals surface area contributed by atoms with Gasteiger partial charge in [-0.2, -0.15) is 0 Å². The maximum absolute atomic E-state index is 13.2. The highest BCUT2D eigenvalue weighted by Crippen LogP contribution is 2.38. The largest absolute Gasteiger partial charge is 0.343 e. The summed E-state index contributed by atoms with van der Waals surface area (Å²) >= 11 is 0. The Hall–Kier alpha value is -3.22. The molecular weight excluding hydrogens is 368 g/mol. The Balaban J connectivity index is 1.58. The Labute approximate surface area is 169 Å². The van der Waals surface area contributed by atoms with E-state index in [1.807, 2.05) is 29.2 Å². The van der Waals surface area contributed by atoms with Crippen LogP contribution >= 0.6 is 0 Å². The van der Waals surface area contributed by atoms with Crippen molar-refractivity contribution in [3.63, 3.8) is 0 Å².